The van der Waals surface area contributed by atoms with Gasteiger partial charge in [-0.3, -0.25) is 9.59 Å². The van der Waals surface area contributed by atoms with Crippen LogP contribution in [0.25, 0.3) is 11.3 Å². The molecule has 0 fully saturated rings. The third-order valence-electron chi connectivity index (χ3n) is 6.00. The zero-order valence-electron chi connectivity index (χ0n) is 21.8. The summed E-state index contributed by atoms with van der Waals surface area (Å²) in [5.41, 5.74) is 4.61. The van der Waals surface area contributed by atoms with Crippen LogP contribution in [0.15, 0.2) is 66.7 Å². The van der Waals surface area contributed by atoms with Gasteiger partial charge in [-0.05, 0) is 53.1 Å². The SMILES string of the molecule is COc1cc2c(cc1OC)-c1c(c(Nc3cccc(F)c3)nn1C(=O)CO)C2.O=C(Cl)COCc1ccccc1. The van der Waals surface area contributed by atoms with Crippen LogP contribution in [0, 0.1) is 5.82 Å². The van der Waals surface area contributed by atoms with Crippen LogP contribution in [0.3, 0.4) is 0 Å². The largest absolute Gasteiger partial charge is 0.493 e. The lowest BCUT2D eigenvalue weighted by Gasteiger charge is -2.11. The molecular weight excluding hydrogens is 541 g/mol. The lowest BCUT2D eigenvalue weighted by molar-refractivity contribution is -0.116. The van der Waals surface area contributed by atoms with Crippen molar-refractivity contribution in [2.75, 3.05) is 32.8 Å². The van der Waals surface area contributed by atoms with Gasteiger partial charge in [-0.15, -0.1) is 5.10 Å². The van der Waals surface area contributed by atoms with E-state index < -0.39 is 17.8 Å². The summed E-state index contributed by atoms with van der Waals surface area (Å²) in [5.74, 6) is 0.588. The second-order valence-electron chi connectivity index (χ2n) is 8.65. The van der Waals surface area contributed by atoms with Crippen molar-refractivity contribution in [2.45, 2.75) is 13.0 Å². The minimum atomic E-state index is -0.684. The predicted octanol–water partition coefficient (Wildman–Crippen LogP) is 4.96. The van der Waals surface area contributed by atoms with Crippen LogP contribution in [0.2, 0.25) is 0 Å². The standard InChI is InChI=1S/C20H18FN3O4.C9H9ClO2/c1-27-16-7-11-6-15-19(14(11)9-17(16)28-2)24(18(26)10-25)23-20(15)22-13-5-3-4-12(21)8-13;10-9(11)7-12-6-8-4-2-1-3-5-8/h3-5,7-9,25H,6,10H2,1-2H3,(H,22,23);1-5H,6-7H2. The van der Waals surface area contributed by atoms with Gasteiger partial charge in [-0.1, -0.05) is 36.4 Å². The molecular formula is C29H27ClFN3O6. The number of aliphatic hydroxyl groups is 1. The zero-order chi connectivity index (χ0) is 28.6. The molecule has 0 aliphatic heterocycles. The van der Waals surface area contributed by atoms with E-state index in [0.717, 1.165) is 22.3 Å². The molecule has 2 N–H and O–H groups in total. The molecule has 1 aliphatic rings. The molecule has 1 heterocycles. The normalized spacial score (nSPS) is 11.1. The number of methoxy groups -OCH3 is 2. The summed E-state index contributed by atoms with van der Waals surface area (Å²) in [4.78, 5) is 22.6. The fraction of sp³-hybridized carbons (Fsp3) is 0.207. The van der Waals surface area contributed by atoms with Crippen LogP contribution in [-0.4, -0.2) is 53.5 Å². The number of nitrogens with zero attached hydrogens (tertiary/aromatic N) is 2. The molecule has 0 saturated heterocycles. The number of carbonyl (C=O) groups excluding carboxylic acids is 2. The monoisotopic (exact) mass is 567 g/mol. The Morgan fingerprint density at radius 2 is 1.77 bits per heavy atom. The fourth-order valence-electron chi connectivity index (χ4n) is 4.25. The number of ether oxygens (including phenoxy) is 3. The molecule has 11 heteroatoms. The highest BCUT2D eigenvalue weighted by atomic mass is 35.5. The molecule has 0 spiro atoms. The van der Waals surface area contributed by atoms with Crippen molar-refractivity contribution in [1.29, 1.82) is 0 Å². The second kappa shape index (κ2) is 13.2. The van der Waals surface area contributed by atoms with Gasteiger partial charge in [0, 0.05) is 23.2 Å². The Labute approximate surface area is 235 Å². The molecule has 3 aromatic carbocycles. The van der Waals surface area contributed by atoms with Crippen molar-refractivity contribution in [3.8, 4) is 22.8 Å². The van der Waals surface area contributed by atoms with Crippen molar-refractivity contribution in [3.63, 3.8) is 0 Å². The van der Waals surface area contributed by atoms with E-state index in [1.165, 1.54) is 23.9 Å². The summed E-state index contributed by atoms with van der Waals surface area (Å²) in [7, 11) is 3.09. The van der Waals surface area contributed by atoms with E-state index in [4.69, 9.17) is 25.8 Å². The van der Waals surface area contributed by atoms with E-state index in [1.54, 1.807) is 25.3 Å². The number of aromatic nitrogens is 2. The summed E-state index contributed by atoms with van der Waals surface area (Å²) in [6.07, 6.45) is 0.501. The second-order valence-corrected chi connectivity index (χ2v) is 9.07. The number of benzene rings is 3. The highest BCUT2D eigenvalue weighted by Crippen LogP contribution is 2.45. The van der Waals surface area contributed by atoms with Crippen molar-refractivity contribution in [1.82, 2.24) is 9.78 Å². The Balaban J connectivity index is 0.000000259. The zero-order valence-corrected chi connectivity index (χ0v) is 22.6. The molecule has 9 nitrogen and oxygen atoms in total. The van der Waals surface area contributed by atoms with Crippen molar-refractivity contribution >= 4 is 34.3 Å². The van der Waals surface area contributed by atoms with Crippen molar-refractivity contribution in [3.05, 3.63) is 89.2 Å². The number of halogens is 2. The molecule has 0 unspecified atom stereocenters. The number of aliphatic hydroxyl groups excluding tert-OH is 1. The van der Waals surface area contributed by atoms with Crippen LogP contribution in [-0.2, 0) is 22.6 Å². The van der Waals surface area contributed by atoms with Crippen LogP contribution in [0.5, 0.6) is 11.5 Å². The summed E-state index contributed by atoms with van der Waals surface area (Å²) in [6, 6.07) is 19.2. The lowest BCUT2D eigenvalue weighted by atomic mass is 10.1. The van der Waals surface area contributed by atoms with Gasteiger partial charge in [0.1, 0.15) is 19.0 Å². The van der Waals surface area contributed by atoms with Gasteiger partial charge in [0.05, 0.1) is 26.5 Å². The quantitative estimate of drug-likeness (QED) is 0.241. The third-order valence-corrected chi connectivity index (χ3v) is 6.11. The van der Waals surface area contributed by atoms with Gasteiger partial charge in [0.2, 0.25) is 5.24 Å². The average Bonchev–Trinajstić information content (AvgIpc) is 3.49. The maximum Gasteiger partial charge on any atom is 0.273 e. The van der Waals surface area contributed by atoms with Crippen LogP contribution >= 0.6 is 11.6 Å². The average molecular weight is 568 g/mol. The molecule has 40 heavy (non-hydrogen) atoms. The highest BCUT2D eigenvalue weighted by molar-refractivity contribution is 6.63. The fourth-order valence-corrected chi connectivity index (χ4v) is 4.32. The number of fused-ring (bicyclic) bond motifs is 3. The van der Waals surface area contributed by atoms with Gasteiger partial charge >= 0.3 is 0 Å². The summed E-state index contributed by atoms with van der Waals surface area (Å²) in [5, 5.41) is 16.3. The van der Waals surface area contributed by atoms with Gasteiger partial charge in [0.25, 0.3) is 5.91 Å². The highest BCUT2D eigenvalue weighted by Gasteiger charge is 2.31. The molecule has 0 saturated carbocycles. The van der Waals surface area contributed by atoms with Crippen LogP contribution in [0.4, 0.5) is 15.9 Å². The first-order valence-corrected chi connectivity index (χ1v) is 12.6. The number of hydrogen-bond acceptors (Lipinski definition) is 8. The molecule has 0 bridgehead atoms. The molecule has 1 aliphatic carbocycles. The van der Waals surface area contributed by atoms with E-state index >= 15 is 0 Å². The van der Waals surface area contributed by atoms with Gasteiger partial charge in [0.15, 0.2) is 17.3 Å². The number of rotatable bonds is 9. The summed E-state index contributed by atoms with van der Waals surface area (Å²) < 4.78 is 30.4. The van der Waals surface area contributed by atoms with Gasteiger partial charge in [-0.2, -0.15) is 4.68 Å². The van der Waals surface area contributed by atoms with E-state index in [0.29, 0.717) is 41.7 Å². The lowest BCUT2D eigenvalue weighted by Crippen LogP contribution is -2.17. The molecule has 0 amide bonds. The molecule has 0 atom stereocenters. The molecule has 4 aromatic rings. The number of hydrogen-bond donors (Lipinski definition) is 2. The Bertz CT molecular complexity index is 1510. The molecule has 5 rings (SSSR count). The molecule has 1 aromatic heterocycles. The van der Waals surface area contributed by atoms with Crippen molar-refractivity contribution in [2.24, 2.45) is 0 Å². The molecule has 0 radical (unpaired) electrons. The number of nitrogens with one attached hydrogen (secondary N) is 1. The van der Waals surface area contributed by atoms with Crippen LogP contribution < -0.4 is 14.8 Å². The minimum absolute atomic E-state index is 0.0313. The summed E-state index contributed by atoms with van der Waals surface area (Å²) >= 11 is 5.08. The van der Waals surface area contributed by atoms with E-state index in [-0.39, 0.29) is 12.4 Å². The van der Waals surface area contributed by atoms with E-state index in [9.17, 15) is 19.1 Å². The Morgan fingerprint density at radius 3 is 2.42 bits per heavy atom. The Morgan fingerprint density at radius 1 is 1.05 bits per heavy atom. The number of anilines is 2. The molecule has 208 valence electrons. The third kappa shape index (κ3) is 6.66. The smallest absolute Gasteiger partial charge is 0.273 e. The number of carbonyl (C=O) groups is 2. The summed E-state index contributed by atoms with van der Waals surface area (Å²) in [6.45, 7) is -0.286. The first-order chi connectivity index (χ1) is 19.3. The topological polar surface area (TPSA) is 112 Å². The van der Waals surface area contributed by atoms with Gasteiger partial charge in [-0.25, -0.2) is 4.39 Å². The van der Waals surface area contributed by atoms with Gasteiger partial charge < -0.3 is 24.6 Å². The van der Waals surface area contributed by atoms with E-state index in [1.807, 2.05) is 36.4 Å². The first kappa shape index (κ1) is 28.8. The minimum Gasteiger partial charge on any atom is -0.493 e. The maximum absolute atomic E-state index is 13.5. The first-order valence-electron chi connectivity index (χ1n) is 12.2. The van der Waals surface area contributed by atoms with E-state index in [2.05, 4.69) is 10.4 Å². The van der Waals surface area contributed by atoms with Crippen molar-refractivity contribution < 1.29 is 33.3 Å². The predicted molar refractivity (Wildman–Crippen MR) is 148 cm³/mol. The Hall–Kier alpha value is -4.25. The van der Waals surface area contributed by atoms with Crippen LogP contribution in [0.1, 0.15) is 21.5 Å². The Kier molecular flexibility index (Phi) is 9.49. The maximum atomic E-state index is 13.5.